The molecule has 1 heterocycles. The average molecular weight is 336 g/mol. The van der Waals surface area contributed by atoms with Crippen molar-refractivity contribution in [2.75, 3.05) is 6.54 Å². The topological polar surface area (TPSA) is 58.6 Å². The quantitative estimate of drug-likeness (QED) is 0.855. The number of rotatable bonds is 4. The number of hydrogen-bond donors (Lipinski definition) is 1. The number of nitrogens with zero attached hydrogens (tertiary/aromatic N) is 1. The summed E-state index contributed by atoms with van der Waals surface area (Å²) in [6.07, 6.45) is 7.09. The molecule has 1 aliphatic heterocycles. The molecule has 5 nitrogen and oxygen atoms in total. The summed E-state index contributed by atoms with van der Waals surface area (Å²) in [4.78, 5) is 27.7. The zero-order chi connectivity index (χ0) is 17.5. The maximum absolute atomic E-state index is 13.3. The third kappa shape index (κ3) is 3.55. The van der Waals surface area contributed by atoms with Crippen molar-refractivity contribution in [3.63, 3.8) is 0 Å². The van der Waals surface area contributed by atoms with Gasteiger partial charge in [-0.3, -0.25) is 4.79 Å². The van der Waals surface area contributed by atoms with Gasteiger partial charge in [-0.15, -0.1) is 0 Å². The van der Waals surface area contributed by atoms with Crippen LogP contribution in [0.5, 0.6) is 0 Å². The predicted molar refractivity (Wildman–Crippen MR) is 92.6 cm³/mol. The van der Waals surface area contributed by atoms with E-state index in [1.807, 2.05) is 25.7 Å². The van der Waals surface area contributed by atoms with Gasteiger partial charge in [0.05, 0.1) is 0 Å². The first-order valence-electron chi connectivity index (χ1n) is 9.53. The van der Waals surface area contributed by atoms with Gasteiger partial charge in [0.25, 0.3) is 0 Å². The molecule has 0 radical (unpaired) electrons. The average Bonchev–Trinajstić information content (AvgIpc) is 3.17. The van der Waals surface area contributed by atoms with Crippen LogP contribution in [-0.4, -0.2) is 40.6 Å². The standard InChI is InChI=1S/C19H32N2O3/c1-13-6-5-10-19(13,20-17(23)24-18(2,3)4)16(22)21-11-9-15(21)12-14-7-8-14/h13-15H,5-12H2,1-4H3,(H,20,23). The van der Waals surface area contributed by atoms with Gasteiger partial charge in [-0.05, 0) is 58.3 Å². The lowest BCUT2D eigenvalue weighted by atomic mass is 9.84. The van der Waals surface area contributed by atoms with Crippen molar-refractivity contribution in [3.05, 3.63) is 0 Å². The number of hydrogen-bond acceptors (Lipinski definition) is 3. The first-order chi connectivity index (χ1) is 11.2. The minimum Gasteiger partial charge on any atom is -0.444 e. The van der Waals surface area contributed by atoms with Crippen molar-refractivity contribution in [1.29, 1.82) is 0 Å². The molecule has 0 bridgehead atoms. The SMILES string of the molecule is CC1CCCC1(NC(=O)OC(C)(C)C)C(=O)N1CCC1CC1CC1. The fourth-order valence-corrected chi connectivity index (χ4v) is 4.17. The van der Waals surface area contributed by atoms with Crippen molar-refractivity contribution in [1.82, 2.24) is 10.2 Å². The van der Waals surface area contributed by atoms with Crippen LogP contribution in [0.15, 0.2) is 0 Å². The molecule has 0 aromatic heterocycles. The van der Waals surface area contributed by atoms with E-state index in [4.69, 9.17) is 4.74 Å². The van der Waals surface area contributed by atoms with Gasteiger partial charge in [-0.2, -0.15) is 0 Å². The van der Waals surface area contributed by atoms with Crippen LogP contribution >= 0.6 is 0 Å². The first-order valence-corrected chi connectivity index (χ1v) is 9.53. The number of alkyl carbamates (subject to hydrolysis) is 1. The Kier molecular flexibility index (Phi) is 4.56. The Morgan fingerprint density at radius 3 is 2.38 bits per heavy atom. The van der Waals surface area contributed by atoms with E-state index in [2.05, 4.69) is 12.2 Å². The Morgan fingerprint density at radius 2 is 1.92 bits per heavy atom. The zero-order valence-corrected chi connectivity index (χ0v) is 15.6. The minimum atomic E-state index is -0.773. The number of amides is 2. The molecule has 136 valence electrons. The molecular formula is C19H32N2O3. The molecule has 1 N–H and O–H groups in total. The second-order valence-corrected chi connectivity index (χ2v) is 9.01. The zero-order valence-electron chi connectivity index (χ0n) is 15.6. The Labute approximate surface area is 145 Å². The molecule has 3 aliphatic rings. The molecule has 0 aromatic carbocycles. The molecular weight excluding hydrogens is 304 g/mol. The van der Waals surface area contributed by atoms with Gasteiger partial charge in [0.2, 0.25) is 5.91 Å². The van der Waals surface area contributed by atoms with Crippen LogP contribution in [0.25, 0.3) is 0 Å². The van der Waals surface area contributed by atoms with E-state index in [-0.39, 0.29) is 11.8 Å². The van der Waals surface area contributed by atoms with E-state index < -0.39 is 17.2 Å². The molecule has 0 aromatic rings. The highest BCUT2D eigenvalue weighted by Crippen LogP contribution is 2.42. The lowest BCUT2D eigenvalue weighted by molar-refractivity contribution is -0.148. The summed E-state index contributed by atoms with van der Waals surface area (Å²) in [5.74, 6) is 1.09. The van der Waals surface area contributed by atoms with Crippen LogP contribution in [0, 0.1) is 11.8 Å². The molecule has 24 heavy (non-hydrogen) atoms. The molecule has 3 atom stereocenters. The van der Waals surface area contributed by atoms with E-state index in [0.29, 0.717) is 6.04 Å². The van der Waals surface area contributed by atoms with E-state index in [1.165, 1.54) is 12.8 Å². The highest BCUT2D eigenvalue weighted by atomic mass is 16.6. The monoisotopic (exact) mass is 336 g/mol. The van der Waals surface area contributed by atoms with E-state index in [1.54, 1.807) is 0 Å². The summed E-state index contributed by atoms with van der Waals surface area (Å²) >= 11 is 0. The fraction of sp³-hybridized carbons (Fsp3) is 0.895. The smallest absolute Gasteiger partial charge is 0.408 e. The molecule has 2 saturated carbocycles. The minimum absolute atomic E-state index is 0.121. The van der Waals surface area contributed by atoms with E-state index in [0.717, 1.165) is 44.6 Å². The first kappa shape index (κ1) is 17.6. The Bertz CT molecular complexity index is 509. The number of likely N-dealkylation sites (tertiary alicyclic amines) is 1. The van der Waals surface area contributed by atoms with Gasteiger partial charge < -0.3 is 15.0 Å². The Morgan fingerprint density at radius 1 is 1.21 bits per heavy atom. The summed E-state index contributed by atoms with van der Waals surface area (Å²) < 4.78 is 5.44. The molecule has 2 aliphatic carbocycles. The van der Waals surface area contributed by atoms with Gasteiger partial charge >= 0.3 is 6.09 Å². The molecule has 1 saturated heterocycles. The van der Waals surface area contributed by atoms with Crippen LogP contribution < -0.4 is 5.32 Å². The highest BCUT2D eigenvalue weighted by molar-refractivity contribution is 5.91. The van der Waals surface area contributed by atoms with E-state index in [9.17, 15) is 9.59 Å². The Hall–Kier alpha value is -1.26. The summed E-state index contributed by atoms with van der Waals surface area (Å²) in [6, 6.07) is 0.384. The van der Waals surface area contributed by atoms with Crippen LogP contribution in [0.3, 0.4) is 0 Å². The third-order valence-electron chi connectivity index (χ3n) is 5.86. The maximum Gasteiger partial charge on any atom is 0.408 e. The number of ether oxygens (including phenoxy) is 1. The summed E-state index contributed by atoms with van der Waals surface area (Å²) in [5, 5.41) is 2.98. The number of carbonyl (C=O) groups excluding carboxylic acids is 2. The molecule has 3 fully saturated rings. The van der Waals surface area contributed by atoms with Crippen molar-refractivity contribution < 1.29 is 14.3 Å². The van der Waals surface area contributed by atoms with Crippen molar-refractivity contribution in [2.45, 2.75) is 89.8 Å². The van der Waals surface area contributed by atoms with Crippen LogP contribution in [-0.2, 0) is 9.53 Å². The largest absolute Gasteiger partial charge is 0.444 e. The molecule has 0 spiro atoms. The lowest BCUT2D eigenvalue weighted by Gasteiger charge is -2.47. The van der Waals surface area contributed by atoms with E-state index >= 15 is 0 Å². The molecule has 3 rings (SSSR count). The second kappa shape index (κ2) is 6.23. The lowest BCUT2D eigenvalue weighted by Crippen LogP contribution is -2.66. The highest BCUT2D eigenvalue weighted by Gasteiger charge is 2.53. The molecule has 3 unspecified atom stereocenters. The summed E-state index contributed by atoms with van der Waals surface area (Å²) in [7, 11) is 0. The summed E-state index contributed by atoms with van der Waals surface area (Å²) in [6.45, 7) is 8.46. The summed E-state index contributed by atoms with van der Waals surface area (Å²) in [5.41, 5.74) is -1.33. The van der Waals surface area contributed by atoms with Crippen molar-refractivity contribution in [3.8, 4) is 0 Å². The third-order valence-corrected chi connectivity index (χ3v) is 5.86. The van der Waals surface area contributed by atoms with Crippen LogP contribution in [0.1, 0.15) is 72.6 Å². The van der Waals surface area contributed by atoms with Crippen LogP contribution in [0.4, 0.5) is 4.79 Å². The van der Waals surface area contributed by atoms with Gasteiger partial charge in [-0.1, -0.05) is 26.2 Å². The fourth-order valence-electron chi connectivity index (χ4n) is 4.17. The normalized spacial score (nSPS) is 33.1. The van der Waals surface area contributed by atoms with Gasteiger partial charge in [0.1, 0.15) is 11.1 Å². The van der Waals surface area contributed by atoms with Gasteiger partial charge in [0, 0.05) is 12.6 Å². The number of nitrogens with one attached hydrogen (secondary N) is 1. The predicted octanol–water partition coefficient (Wildman–Crippen LogP) is 3.47. The van der Waals surface area contributed by atoms with Gasteiger partial charge in [0.15, 0.2) is 0 Å². The van der Waals surface area contributed by atoms with Crippen molar-refractivity contribution >= 4 is 12.0 Å². The second-order valence-electron chi connectivity index (χ2n) is 9.01. The number of carbonyl (C=O) groups is 2. The van der Waals surface area contributed by atoms with Gasteiger partial charge in [-0.25, -0.2) is 4.79 Å². The molecule has 5 heteroatoms. The van der Waals surface area contributed by atoms with Crippen LogP contribution in [0.2, 0.25) is 0 Å². The maximum atomic E-state index is 13.3. The Balaban J connectivity index is 1.71. The molecule has 2 amide bonds. The van der Waals surface area contributed by atoms with Crippen molar-refractivity contribution in [2.24, 2.45) is 11.8 Å².